The van der Waals surface area contributed by atoms with Crippen LogP contribution in [-0.4, -0.2) is 25.4 Å². The lowest BCUT2D eigenvalue weighted by atomic mass is 10.1. The number of hydrogen-bond donors (Lipinski definition) is 2. The molecule has 1 aromatic heterocycles. The van der Waals surface area contributed by atoms with E-state index in [-0.39, 0.29) is 18.4 Å². The second kappa shape index (κ2) is 9.26. The minimum Gasteiger partial charge on any atom is -0.349 e. The van der Waals surface area contributed by atoms with Crippen LogP contribution >= 0.6 is 0 Å². The molecule has 138 valence electrons. The molecular formula is C19H23N3O3S. The topological polar surface area (TPSA) is 88.2 Å². The van der Waals surface area contributed by atoms with E-state index in [0.29, 0.717) is 5.69 Å². The van der Waals surface area contributed by atoms with Crippen molar-refractivity contribution in [2.24, 2.45) is 5.92 Å². The number of aromatic nitrogens is 1. The highest BCUT2D eigenvalue weighted by atomic mass is 32.2. The second-order valence-corrected chi connectivity index (χ2v) is 7.73. The van der Waals surface area contributed by atoms with Crippen LogP contribution in [0.5, 0.6) is 0 Å². The number of nitrogens with one attached hydrogen (secondary N) is 2. The summed E-state index contributed by atoms with van der Waals surface area (Å²) in [5.74, 6) is -0.596. The van der Waals surface area contributed by atoms with Crippen molar-refractivity contribution in [2.45, 2.75) is 26.4 Å². The first-order chi connectivity index (χ1) is 12.4. The Morgan fingerprint density at radius 1 is 1.12 bits per heavy atom. The minimum absolute atomic E-state index is 0.210. The summed E-state index contributed by atoms with van der Waals surface area (Å²) in [4.78, 5) is 16.5. The second-order valence-electron chi connectivity index (χ2n) is 6.14. The molecule has 0 bridgehead atoms. The molecule has 2 rings (SSSR count). The quantitative estimate of drug-likeness (QED) is 0.743. The Labute approximate surface area is 154 Å². The van der Waals surface area contributed by atoms with Gasteiger partial charge in [0.25, 0.3) is 0 Å². The van der Waals surface area contributed by atoms with Crippen LogP contribution < -0.4 is 10.0 Å². The number of sulfonamides is 1. The standard InChI is InChI=1S/C19H23N3O3S/c1-15(2)18(19(23)21-14-17-10-6-7-12-20-17)22-26(24,25)13-11-16-8-4-3-5-9-16/h3-13,15,18,22H,14H2,1-2H3,(H,21,23)/b13-11+/t18-/m1/s1. The van der Waals surface area contributed by atoms with E-state index in [9.17, 15) is 13.2 Å². The zero-order chi connectivity index (χ0) is 19.0. The number of amides is 1. The molecule has 0 saturated heterocycles. The normalized spacial score (nSPS) is 13.0. The Hall–Kier alpha value is -2.51. The summed E-state index contributed by atoms with van der Waals surface area (Å²) in [6.07, 6.45) is 3.13. The van der Waals surface area contributed by atoms with Crippen LogP contribution in [0.2, 0.25) is 0 Å². The maximum absolute atomic E-state index is 12.4. The van der Waals surface area contributed by atoms with E-state index in [1.54, 1.807) is 44.3 Å². The highest BCUT2D eigenvalue weighted by molar-refractivity contribution is 7.92. The third-order valence-corrected chi connectivity index (χ3v) is 4.73. The highest BCUT2D eigenvalue weighted by Crippen LogP contribution is 2.07. The van der Waals surface area contributed by atoms with E-state index in [1.807, 2.05) is 24.3 Å². The van der Waals surface area contributed by atoms with E-state index < -0.39 is 16.1 Å². The molecule has 2 aromatic rings. The van der Waals surface area contributed by atoms with Crippen LogP contribution in [0.15, 0.2) is 60.1 Å². The van der Waals surface area contributed by atoms with Crippen LogP contribution in [0, 0.1) is 5.92 Å². The van der Waals surface area contributed by atoms with Gasteiger partial charge < -0.3 is 5.32 Å². The molecule has 0 radical (unpaired) electrons. The highest BCUT2D eigenvalue weighted by Gasteiger charge is 2.26. The van der Waals surface area contributed by atoms with Crippen molar-refractivity contribution in [1.82, 2.24) is 15.0 Å². The molecule has 0 aliphatic heterocycles. The molecule has 1 aromatic carbocycles. The molecule has 6 nitrogen and oxygen atoms in total. The number of carbonyl (C=O) groups excluding carboxylic acids is 1. The van der Waals surface area contributed by atoms with Crippen LogP contribution in [0.25, 0.3) is 6.08 Å². The number of pyridine rings is 1. The molecule has 0 unspecified atom stereocenters. The van der Waals surface area contributed by atoms with Crippen molar-refractivity contribution in [1.29, 1.82) is 0 Å². The molecular weight excluding hydrogens is 350 g/mol. The lowest BCUT2D eigenvalue weighted by Gasteiger charge is -2.20. The Bertz CT molecular complexity index is 835. The summed E-state index contributed by atoms with van der Waals surface area (Å²) in [5.41, 5.74) is 1.47. The number of rotatable bonds is 8. The first-order valence-corrected chi connectivity index (χ1v) is 9.85. The molecule has 2 N–H and O–H groups in total. The predicted octanol–water partition coefficient (Wildman–Crippen LogP) is 2.31. The van der Waals surface area contributed by atoms with Gasteiger partial charge >= 0.3 is 0 Å². The molecule has 0 spiro atoms. The smallest absolute Gasteiger partial charge is 0.238 e. The van der Waals surface area contributed by atoms with Gasteiger partial charge in [-0.2, -0.15) is 4.72 Å². The SMILES string of the molecule is CC(C)[C@@H](NS(=O)(=O)/C=C/c1ccccc1)C(=O)NCc1ccccn1. The van der Waals surface area contributed by atoms with Crippen molar-refractivity contribution in [3.8, 4) is 0 Å². The largest absolute Gasteiger partial charge is 0.349 e. The fourth-order valence-corrected chi connectivity index (χ4v) is 3.38. The van der Waals surface area contributed by atoms with Gasteiger partial charge in [-0.25, -0.2) is 8.42 Å². The van der Waals surface area contributed by atoms with Crippen LogP contribution in [0.4, 0.5) is 0 Å². The maximum atomic E-state index is 12.4. The van der Waals surface area contributed by atoms with Gasteiger partial charge in [-0.3, -0.25) is 9.78 Å². The van der Waals surface area contributed by atoms with Gasteiger partial charge in [0.1, 0.15) is 6.04 Å². The fraction of sp³-hybridized carbons (Fsp3) is 0.263. The lowest BCUT2D eigenvalue weighted by Crippen LogP contribution is -2.48. The zero-order valence-corrected chi connectivity index (χ0v) is 15.6. The summed E-state index contributed by atoms with van der Waals surface area (Å²) in [6.45, 7) is 3.81. The minimum atomic E-state index is -3.76. The Kier molecular flexibility index (Phi) is 7.06. The third kappa shape index (κ3) is 6.42. The number of nitrogens with zero attached hydrogens (tertiary/aromatic N) is 1. The fourth-order valence-electron chi connectivity index (χ4n) is 2.23. The Morgan fingerprint density at radius 2 is 1.81 bits per heavy atom. The van der Waals surface area contributed by atoms with E-state index in [1.165, 1.54) is 6.08 Å². The maximum Gasteiger partial charge on any atom is 0.238 e. The number of carbonyl (C=O) groups is 1. The Morgan fingerprint density at radius 3 is 2.42 bits per heavy atom. The molecule has 1 amide bonds. The first-order valence-electron chi connectivity index (χ1n) is 8.30. The molecule has 1 atom stereocenters. The van der Waals surface area contributed by atoms with Crippen LogP contribution in [0.3, 0.4) is 0 Å². The van der Waals surface area contributed by atoms with Crippen molar-refractivity contribution >= 4 is 22.0 Å². The van der Waals surface area contributed by atoms with Gasteiger partial charge in [0, 0.05) is 11.6 Å². The van der Waals surface area contributed by atoms with Crippen LogP contribution in [-0.2, 0) is 21.4 Å². The molecule has 0 aliphatic rings. The number of hydrogen-bond acceptors (Lipinski definition) is 4. The van der Waals surface area contributed by atoms with Crippen molar-refractivity contribution in [2.75, 3.05) is 0 Å². The van der Waals surface area contributed by atoms with Gasteiger partial charge in [0.05, 0.1) is 12.2 Å². The molecule has 7 heteroatoms. The van der Waals surface area contributed by atoms with E-state index in [0.717, 1.165) is 11.0 Å². The van der Waals surface area contributed by atoms with E-state index in [4.69, 9.17) is 0 Å². The van der Waals surface area contributed by atoms with Gasteiger partial charge in [0.15, 0.2) is 0 Å². The van der Waals surface area contributed by atoms with E-state index >= 15 is 0 Å². The molecule has 0 fully saturated rings. The summed E-state index contributed by atoms with van der Waals surface area (Å²) >= 11 is 0. The van der Waals surface area contributed by atoms with Gasteiger partial charge in [-0.15, -0.1) is 0 Å². The van der Waals surface area contributed by atoms with Crippen molar-refractivity contribution < 1.29 is 13.2 Å². The van der Waals surface area contributed by atoms with Gasteiger partial charge in [-0.05, 0) is 29.7 Å². The van der Waals surface area contributed by atoms with Gasteiger partial charge in [0.2, 0.25) is 15.9 Å². The zero-order valence-electron chi connectivity index (χ0n) is 14.8. The van der Waals surface area contributed by atoms with Crippen molar-refractivity contribution in [3.63, 3.8) is 0 Å². The van der Waals surface area contributed by atoms with Crippen LogP contribution in [0.1, 0.15) is 25.1 Å². The number of benzene rings is 1. The third-order valence-electron chi connectivity index (χ3n) is 3.65. The Balaban J connectivity index is 2.01. The van der Waals surface area contributed by atoms with Gasteiger partial charge in [-0.1, -0.05) is 50.2 Å². The van der Waals surface area contributed by atoms with Crippen molar-refractivity contribution in [3.05, 3.63) is 71.4 Å². The first kappa shape index (κ1) is 19.8. The monoisotopic (exact) mass is 373 g/mol. The summed E-state index contributed by atoms with van der Waals surface area (Å²) in [5, 5.41) is 3.80. The molecule has 0 aliphatic carbocycles. The average molecular weight is 373 g/mol. The van der Waals surface area contributed by atoms with E-state index in [2.05, 4.69) is 15.0 Å². The summed E-state index contributed by atoms with van der Waals surface area (Å²) < 4.78 is 27.1. The predicted molar refractivity (Wildman–Crippen MR) is 102 cm³/mol. The summed E-state index contributed by atoms with van der Waals surface area (Å²) in [6, 6.07) is 13.6. The molecule has 26 heavy (non-hydrogen) atoms. The lowest BCUT2D eigenvalue weighted by molar-refractivity contribution is -0.123. The molecule has 0 saturated carbocycles. The summed E-state index contributed by atoms with van der Waals surface area (Å²) in [7, 11) is -3.76. The average Bonchev–Trinajstić information content (AvgIpc) is 2.64. The molecule has 1 heterocycles.